The van der Waals surface area contributed by atoms with Crippen LogP contribution in [0.1, 0.15) is 21.7 Å². The molecule has 0 saturated carbocycles. The van der Waals surface area contributed by atoms with E-state index < -0.39 is 5.83 Å². The van der Waals surface area contributed by atoms with E-state index in [0.717, 1.165) is 39.9 Å². The van der Waals surface area contributed by atoms with Gasteiger partial charge in [0.2, 0.25) is 11.6 Å². The van der Waals surface area contributed by atoms with E-state index in [-0.39, 0.29) is 0 Å². The molecule has 6 nitrogen and oxygen atoms in total. The van der Waals surface area contributed by atoms with Crippen LogP contribution < -0.4 is 10.6 Å². The van der Waals surface area contributed by atoms with Gasteiger partial charge in [-0.05, 0) is 47.4 Å². The number of rotatable bonds is 8. The molecule has 0 spiro atoms. The van der Waals surface area contributed by atoms with Crippen LogP contribution in [0.15, 0.2) is 23.3 Å². The molecular weight excluding hydrogens is 407 g/mol. The molecule has 0 radical (unpaired) electrons. The number of hydrogen-bond acceptors (Lipinski definition) is 6. The summed E-state index contributed by atoms with van der Waals surface area (Å²) in [5.74, 6) is 0.297. The molecule has 3 aromatic heterocycles. The number of anilines is 1. The molecule has 3 heterocycles. The zero-order valence-electron chi connectivity index (χ0n) is 13.7. The predicted molar refractivity (Wildman–Crippen MR) is 103 cm³/mol. The minimum Gasteiger partial charge on any atom is -0.356 e. The van der Waals surface area contributed by atoms with Crippen molar-refractivity contribution in [1.82, 2.24) is 25.5 Å². The summed E-state index contributed by atoms with van der Waals surface area (Å²) in [6, 6.07) is 1.84. The van der Waals surface area contributed by atoms with Crippen LogP contribution in [-0.2, 0) is 6.54 Å². The van der Waals surface area contributed by atoms with Crippen LogP contribution in [0, 0.1) is 6.92 Å². The molecule has 3 rings (SSSR count). The third kappa shape index (κ3) is 4.23. The van der Waals surface area contributed by atoms with Crippen molar-refractivity contribution in [1.29, 1.82) is 0 Å². The van der Waals surface area contributed by atoms with E-state index in [2.05, 4.69) is 53.3 Å². The molecule has 0 aliphatic heterocycles. The van der Waals surface area contributed by atoms with Crippen molar-refractivity contribution >= 4 is 50.2 Å². The third-order valence-electron chi connectivity index (χ3n) is 3.70. The minimum atomic E-state index is -0.397. The smallest absolute Gasteiger partial charge is 0.202 e. The summed E-state index contributed by atoms with van der Waals surface area (Å²) in [6.45, 7) is 7.69. The number of fused-ring (bicyclic) bond motifs is 1. The number of aromatic amines is 1. The van der Waals surface area contributed by atoms with Crippen molar-refractivity contribution in [3.63, 3.8) is 0 Å². The van der Waals surface area contributed by atoms with Crippen LogP contribution in [0.4, 0.5) is 10.3 Å². The first-order chi connectivity index (χ1) is 12.1. The zero-order valence-corrected chi connectivity index (χ0v) is 16.1. The van der Waals surface area contributed by atoms with Crippen molar-refractivity contribution in [2.75, 3.05) is 18.4 Å². The molecule has 3 N–H and O–H groups in total. The van der Waals surface area contributed by atoms with Gasteiger partial charge >= 0.3 is 0 Å². The van der Waals surface area contributed by atoms with Gasteiger partial charge in [0, 0.05) is 22.4 Å². The Kier molecular flexibility index (Phi) is 5.77. The van der Waals surface area contributed by atoms with E-state index in [0.29, 0.717) is 23.0 Å². The summed E-state index contributed by atoms with van der Waals surface area (Å²) >= 11 is 4.86. The summed E-state index contributed by atoms with van der Waals surface area (Å²) < 4.78 is 14.2. The summed E-state index contributed by atoms with van der Waals surface area (Å²) in [6.07, 6.45) is 2.56. The number of H-pyrrole nitrogens is 1. The minimum absolute atomic E-state index is 0.397. The lowest BCUT2D eigenvalue weighted by Crippen LogP contribution is -2.17. The molecule has 0 atom stereocenters. The van der Waals surface area contributed by atoms with Crippen LogP contribution in [0.2, 0.25) is 0 Å². The van der Waals surface area contributed by atoms with Crippen LogP contribution in [0.25, 0.3) is 17.0 Å². The largest absolute Gasteiger partial charge is 0.356 e. The first-order valence-corrected chi connectivity index (χ1v) is 9.41. The molecule has 0 aromatic carbocycles. The Morgan fingerprint density at radius 3 is 3.00 bits per heavy atom. The molecule has 0 amide bonds. The highest BCUT2D eigenvalue weighted by Gasteiger charge is 2.14. The fraction of sp³-hybridized carbons (Fsp3) is 0.312. The molecular formula is C16H18BrFN6S. The monoisotopic (exact) mass is 424 g/mol. The average molecular weight is 425 g/mol. The molecule has 3 aromatic rings. The SMILES string of the molecule is C=C(F)c1sc(CNCCCNc2nc3nnccc3[nH]2)c(C)c1Br. The number of hydrogen-bond donors (Lipinski definition) is 3. The zero-order chi connectivity index (χ0) is 17.8. The van der Waals surface area contributed by atoms with Crippen molar-refractivity contribution < 1.29 is 4.39 Å². The number of nitrogens with zero attached hydrogens (tertiary/aromatic N) is 3. The van der Waals surface area contributed by atoms with Gasteiger partial charge in [-0.2, -0.15) is 10.1 Å². The van der Waals surface area contributed by atoms with Crippen molar-refractivity contribution in [3.05, 3.63) is 38.6 Å². The third-order valence-corrected chi connectivity index (χ3v) is 6.28. The molecule has 0 unspecified atom stereocenters. The Bertz CT molecular complexity index is 857. The molecule has 9 heteroatoms. The number of imidazole rings is 1. The highest BCUT2D eigenvalue weighted by Crippen LogP contribution is 2.37. The van der Waals surface area contributed by atoms with E-state index in [1.54, 1.807) is 6.20 Å². The number of aromatic nitrogens is 4. The Labute approximate surface area is 157 Å². The Morgan fingerprint density at radius 2 is 2.28 bits per heavy atom. The van der Waals surface area contributed by atoms with Gasteiger partial charge in [-0.1, -0.05) is 6.58 Å². The second-order valence-electron chi connectivity index (χ2n) is 5.51. The van der Waals surface area contributed by atoms with Crippen molar-refractivity contribution in [2.45, 2.75) is 19.9 Å². The van der Waals surface area contributed by atoms with Gasteiger partial charge in [0.25, 0.3) is 0 Å². The maximum atomic E-state index is 13.4. The van der Waals surface area contributed by atoms with Crippen LogP contribution >= 0.6 is 27.3 Å². The van der Waals surface area contributed by atoms with Gasteiger partial charge in [-0.3, -0.25) is 0 Å². The quantitative estimate of drug-likeness (QED) is 0.476. The van der Waals surface area contributed by atoms with Gasteiger partial charge in [0.1, 0.15) is 5.83 Å². The Balaban J connectivity index is 1.42. The van der Waals surface area contributed by atoms with Crippen LogP contribution in [0.5, 0.6) is 0 Å². The van der Waals surface area contributed by atoms with E-state index in [9.17, 15) is 4.39 Å². The number of nitrogens with one attached hydrogen (secondary N) is 3. The maximum absolute atomic E-state index is 13.4. The van der Waals surface area contributed by atoms with Crippen molar-refractivity contribution in [2.24, 2.45) is 0 Å². The van der Waals surface area contributed by atoms with E-state index >= 15 is 0 Å². The van der Waals surface area contributed by atoms with Crippen molar-refractivity contribution in [3.8, 4) is 0 Å². The van der Waals surface area contributed by atoms with E-state index in [1.807, 2.05) is 13.0 Å². The van der Waals surface area contributed by atoms with Gasteiger partial charge in [-0.15, -0.1) is 16.4 Å². The van der Waals surface area contributed by atoms with Gasteiger partial charge < -0.3 is 15.6 Å². The topological polar surface area (TPSA) is 78.5 Å². The number of halogens is 2. The lowest BCUT2D eigenvalue weighted by Gasteiger charge is -2.05. The first-order valence-electron chi connectivity index (χ1n) is 7.81. The lowest BCUT2D eigenvalue weighted by atomic mass is 10.2. The second-order valence-corrected chi connectivity index (χ2v) is 7.41. The fourth-order valence-corrected chi connectivity index (χ4v) is 4.21. The standard InChI is InChI=1S/C16H18BrFN6S/c1-9-12(25-14(10(2)18)13(9)17)8-19-5-3-6-20-16-22-11-4-7-21-24-15(11)23-16/h4,7,19H,2-3,5-6,8H2,1H3,(H2,20,22,23,24). The molecule has 0 fully saturated rings. The summed E-state index contributed by atoms with van der Waals surface area (Å²) in [7, 11) is 0. The van der Waals surface area contributed by atoms with Crippen LogP contribution in [0.3, 0.4) is 0 Å². The molecule has 0 aliphatic carbocycles. The van der Waals surface area contributed by atoms with Gasteiger partial charge in [0.05, 0.1) is 16.6 Å². The summed E-state index contributed by atoms with van der Waals surface area (Å²) in [4.78, 5) is 9.15. The first kappa shape index (κ1) is 18.0. The molecule has 0 aliphatic rings. The molecule has 25 heavy (non-hydrogen) atoms. The maximum Gasteiger partial charge on any atom is 0.202 e. The van der Waals surface area contributed by atoms with E-state index in [4.69, 9.17) is 0 Å². The Hall–Kier alpha value is -1.84. The Morgan fingerprint density at radius 1 is 1.44 bits per heavy atom. The van der Waals surface area contributed by atoms with E-state index in [1.165, 1.54) is 11.3 Å². The second kappa shape index (κ2) is 8.03. The van der Waals surface area contributed by atoms with Gasteiger partial charge in [-0.25, -0.2) is 4.39 Å². The normalized spacial score (nSPS) is 11.2. The summed E-state index contributed by atoms with van der Waals surface area (Å²) in [5.41, 5.74) is 2.53. The highest BCUT2D eigenvalue weighted by molar-refractivity contribution is 9.10. The summed E-state index contributed by atoms with van der Waals surface area (Å²) in [5, 5.41) is 14.4. The van der Waals surface area contributed by atoms with Crippen LogP contribution in [-0.4, -0.2) is 33.3 Å². The lowest BCUT2D eigenvalue weighted by molar-refractivity contribution is 0.666. The fourth-order valence-electron chi connectivity index (χ4n) is 2.35. The molecule has 0 bridgehead atoms. The molecule has 0 saturated heterocycles. The average Bonchev–Trinajstić information content (AvgIpc) is 3.13. The van der Waals surface area contributed by atoms with Gasteiger partial charge in [0.15, 0.2) is 0 Å². The highest BCUT2D eigenvalue weighted by atomic mass is 79.9. The number of thiophene rings is 1. The predicted octanol–water partition coefficient (Wildman–Crippen LogP) is 4.02. The molecule has 132 valence electrons.